The van der Waals surface area contributed by atoms with Gasteiger partial charge in [-0.3, -0.25) is 0 Å². The van der Waals surface area contributed by atoms with Crippen LogP contribution in [0.15, 0.2) is 24.5 Å². The third-order valence-corrected chi connectivity index (χ3v) is 9.61. The Kier molecular flexibility index (Phi) is 12.8. The lowest BCUT2D eigenvalue weighted by Gasteiger charge is -2.38. The topological polar surface area (TPSA) is 36.9 Å². The fraction of sp³-hybridized carbons (Fsp3) is 0.758. The van der Waals surface area contributed by atoms with Gasteiger partial charge in [-0.2, -0.15) is 26.3 Å². The van der Waals surface area contributed by atoms with Crippen LogP contribution in [0.25, 0.3) is 0 Å². The van der Waals surface area contributed by atoms with Crippen molar-refractivity contribution in [2.75, 3.05) is 6.61 Å². The molecule has 2 saturated carbocycles. The van der Waals surface area contributed by atoms with Gasteiger partial charge in [0.2, 0.25) is 0 Å². The Bertz CT molecular complexity index is 1070. The van der Waals surface area contributed by atoms with E-state index in [1.807, 2.05) is 0 Å². The molecule has 2 atom stereocenters. The lowest BCUT2D eigenvalue weighted by molar-refractivity contribution is -0.306. The summed E-state index contributed by atoms with van der Waals surface area (Å²) in [6.07, 6.45) is -0.964. The zero-order valence-corrected chi connectivity index (χ0v) is 25.7. The van der Waals surface area contributed by atoms with Gasteiger partial charge in [-0.05, 0) is 95.3 Å². The molecule has 4 rings (SSSR count). The first kappa shape index (κ1) is 35.8. The SMILES string of the molecule is CCCCC1CCC(CCC2CCC(C(F)(F)OC3CCC(C(F)(F)Oc4cc(F)c(OC=C(F)F)c(F)c4)CC3)CC2)OC1. The van der Waals surface area contributed by atoms with E-state index in [1.54, 1.807) is 0 Å². The van der Waals surface area contributed by atoms with E-state index in [1.165, 1.54) is 25.7 Å². The largest absolute Gasteiger partial charge is 0.453 e. The molecule has 45 heavy (non-hydrogen) atoms. The summed E-state index contributed by atoms with van der Waals surface area (Å²) in [4.78, 5) is 0. The molecule has 1 aliphatic heterocycles. The molecule has 2 aliphatic carbocycles. The van der Waals surface area contributed by atoms with Gasteiger partial charge in [-0.15, -0.1) is 0 Å². The molecule has 256 valence electrons. The van der Waals surface area contributed by atoms with Gasteiger partial charge < -0.3 is 18.9 Å². The maximum absolute atomic E-state index is 15.1. The highest BCUT2D eigenvalue weighted by molar-refractivity contribution is 5.35. The van der Waals surface area contributed by atoms with Crippen LogP contribution in [0.4, 0.5) is 35.1 Å². The van der Waals surface area contributed by atoms with Crippen LogP contribution in [-0.4, -0.2) is 31.0 Å². The first-order valence-electron chi connectivity index (χ1n) is 16.3. The predicted octanol–water partition coefficient (Wildman–Crippen LogP) is 10.8. The molecule has 0 N–H and O–H groups in total. The van der Waals surface area contributed by atoms with E-state index in [0.717, 1.165) is 25.9 Å². The molecule has 0 spiro atoms. The van der Waals surface area contributed by atoms with E-state index in [4.69, 9.17) is 9.47 Å². The van der Waals surface area contributed by atoms with Gasteiger partial charge in [-0.1, -0.05) is 19.8 Å². The maximum atomic E-state index is 15.1. The Labute approximate surface area is 259 Å². The molecule has 3 aliphatic rings. The first-order chi connectivity index (χ1) is 21.4. The normalized spacial score (nSPS) is 28.0. The summed E-state index contributed by atoms with van der Waals surface area (Å²) in [6.45, 7) is 3.02. The van der Waals surface area contributed by atoms with Crippen molar-refractivity contribution in [3.63, 3.8) is 0 Å². The Morgan fingerprint density at radius 3 is 1.98 bits per heavy atom. The van der Waals surface area contributed by atoms with E-state index in [0.29, 0.717) is 49.7 Å². The lowest BCUT2D eigenvalue weighted by Crippen LogP contribution is -2.42. The minimum absolute atomic E-state index is 0.0497. The molecule has 1 aromatic carbocycles. The number of unbranched alkanes of at least 4 members (excludes halogenated alkanes) is 1. The first-order valence-corrected chi connectivity index (χ1v) is 16.3. The molecule has 2 unspecified atom stereocenters. The predicted molar refractivity (Wildman–Crippen MR) is 151 cm³/mol. The molecule has 1 saturated heterocycles. The molecule has 3 fully saturated rings. The number of alkyl halides is 4. The van der Waals surface area contributed by atoms with Crippen molar-refractivity contribution < 1.29 is 54.1 Å². The van der Waals surface area contributed by atoms with E-state index >= 15 is 8.78 Å². The van der Waals surface area contributed by atoms with Crippen molar-refractivity contribution >= 4 is 0 Å². The minimum atomic E-state index is -3.86. The minimum Gasteiger partial charge on any atom is -0.453 e. The second-order valence-electron chi connectivity index (χ2n) is 12.9. The summed E-state index contributed by atoms with van der Waals surface area (Å²) in [5.74, 6) is -6.37. The standard InChI is InChI=1S/C33H44F8O4/c1-2-3-4-22-8-14-25(42-19-22)13-7-21-5-9-23(10-6-21)32(38,39)44-26-15-11-24(12-16-26)33(40,41)45-27-17-28(34)31(29(35)18-27)43-20-30(36)37/h17-18,20-26H,2-16,19H2,1H3. The highest BCUT2D eigenvalue weighted by Gasteiger charge is 2.48. The highest BCUT2D eigenvalue weighted by atomic mass is 19.3. The Balaban J connectivity index is 1.17. The fourth-order valence-corrected chi connectivity index (χ4v) is 6.90. The van der Waals surface area contributed by atoms with Crippen molar-refractivity contribution in [1.29, 1.82) is 0 Å². The average Bonchev–Trinajstić information content (AvgIpc) is 2.99. The zero-order chi connectivity index (χ0) is 32.6. The third-order valence-electron chi connectivity index (χ3n) is 9.61. The molecule has 0 aromatic heterocycles. The average molecular weight is 657 g/mol. The van der Waals surface area contributed by atoms with E-state index in [2.05, 4.69) is 16.4 Å². The van der Waals surface area contributed by atoms with Crippen molar-refractivity contribution in [2.24, 2.45) is 23.7 Å². The van der Waals surface area contributed by atoms with Gasteiger partial charge >= 0.3 is 18.3 Å². The van der Waals surface area contributed by atoms with Crippen LogP contribution in [0.5, 0.6) is 11.5 Å². The van der Waals surface area contributed by atoms with Crippen LogP contribution in [-0.2, 0) is 9.47 Å². The summed E-state index contributed by atoms with van der Waals surface area (Å²) >= 11 is 0. The maximum Gasteiger partial charge on any atom is 0.400 e. The number of rotatable bonds is 14. The monoisotopic (exact) mass is 656 g/mol. The molecular formula is C33H44F8O4. The quantitative estimate of drug-likeness (QED) is 0.148. The summed E-state index contributed by atoms with van der Waals surface area (Å²) < 4.78 is 132. The highest BCUT2D eigenvalue weighted by Crippen LogP contribution is 2.45. The van der Waals surface area contributed by atoms with Crippen LogP contribution < -0.4 is 9.47 Å². The second kappa shape index (κ2) is 16.2. The van der Waals surface area contributed by atoms with Crippen LogP contribution in [0.1, 0.15) is 103 Å². The van der Waals surface area contributed by atoms with Gasteiger partial charge in [0, 0.05) is 18.7 Å². The molecule has 1 aromatic rings. The number of hydrogen-bond donors (Lipinski definition) is 0. The smallest absolute Gasteiger partial charge is 0.400 e. The van der Waals surface area contributed by atoms with Crippen molar-refractivity contribution in [1.82, 2.24) is 0 Å². The van der Waals surface area contributed by atoms with Crippen molar-refractivity contribution in [3.8, 4) is 11.5 Å². The summed E-state index contributed by atoms with van der Waals surface area (Å²) in [7, 11) is 0. The van der Waals surface area contributed by atoms with E-state index < -0.39 is 59.4 Å². The summed E-state index contributed by atoms with van der Waals surface area (Å²) in [5, 5.41) is 0. The molecule has 1 heterocycles. The molecule has 12 heteroatoms. The van der Waals surface area contributed by atoms with Crippen LogP contribution >= 0.6 is 0 Å². The van der Waals surface area contributed by atoms with Gasteiger partial charge in [0.05, 0.1) is 24.0 Å². The van der Waals surface area contributed by atoms with Gasteiger partial charge in [0.25, 0.3) is 0 Å². The van der Waals surface area contributed by atoms with E-state index in [-0.39, 0.29) is 38.0 Å². The molecule has 0 amide bonds. The Morgan fingerprint density at radius 1 is 0.800 bits per heavy atom. The fourth-order valence-electron chi connectivity index (χ4n) is 6.90. The second-order valence-corrected chi connectivity index (χ2v) is 12.9. The van der Waals surface area contributed by atoms with Gasteiger partial charge in [0.15, 0.2) is 23.6 Å². The third kappa shape index (κ3) is 10.5. The number of benzene rings is 1. The van der Waals surface area contributed by atoms with Crippen LogP contribution in [0.2, 0.25) is 0 Å². The Hall–Kier alpha value is -2.08. The number of hydrogen-bond acceptors (Lipinski definition) is 4. The van der Waals surface area contributed by atoms with Crippen LogP contribution in [0, 0.1) is 35.3 Å². The van der Waals surface area contributed by atoms with Crippen LogP contribution in [0.3, 0.4) is 0 Å². The molecule has 0 radical (unpaired) electrons. The van der Waals surface area contributed by atoms with Gasteiger partial charge in [0.1, 0.15) is 5.75 Å². The summed E-state index contributed by atoms with van der Waals surface area (Å²) in [6, 6.07) is 0.793. The number of ether oxygens (including phenoxy) is 4. The summed E-state index contributed by atoms with van der Waals surface area (Å²) in [5.41, 5.74) is 0. The Morgan fingerprint density at radius 2 is 1.40 bits per heavy atom. The van der Waals surface area contributed by atoms with E-state index in [9.17, 15) is 26.3 Å². The zero-order valence-electron chi connectivity index (χ0n) is 25.7. The molecular weight excluding hydrogens is 612 g/mol. The molecule has 4 nitrogen and oxygen atoms in total. The molecule has 0 bridgehead atoms. The van der Waals surface area contributed by atoms with Crippen molar-refractivity contribution in [3.05, 3.63) is 36.1 Å². The van der Waals surface area contributed by atoms with Gasteiger partial charge in [-0.25, -0.2) is 8.78 Å². The number of halogens is 8. The van der Waals surface area contributed by atoms with Crippen molar-refractivity contribution in [2.45, 2.75) is 128 Å². The lowest BCUT2D eigenvalue weighted by atomic mass is 9.78.